The van der Waals surface area contributed by atoms with Crippen molar-refractivity contribution in [1.82, 2.24) is 4.90 Å². The minimum absolute atomic E-state index is 0.336. The zero-order valence-electron chi connectivity index (χ0n) is 11.9. The van der Waals surface area contributed by atoms with Crippen LogP contribution in [-0.4, -0.2) is 17.4 Å². The first kappa shape index (κ1) is 15.3. The lowest BCUT2D eigenvalue weighted by Gasteiger charge is -2.35. The van der Waals surface area contributed by atoms with E-state index in [2.05, 4.69) is 11.0 Å². The summed E-state index contributed by atoms with van der Waals surface area (Å²) < 4.78 is 0. The molecule has 3 nitrogen and oxygen atoms in total. The van der Waals surface area contributed by atoms with Crippen LogP contribution in [0.2, 0.25) is 10.0 Å². The normalized spacial score (nSPS) is 18.0. The van der Waals surface area contributed by atoms with Crippen LogP contribution in [0, 0.1) is 0 Å². The van der Waals surface area contributed by atoms with Crippen LogP contribution < -0.4 is 5.73 Å². The summed E-state index contributed by atoms with van der Waals surface area (Å²) >= 11 is 12.2. The molecule has 0 saturated heterocycles. The molecule has 0 radical (unpaired) electrons. The van der Waals surface area contributed by atoms with E-state index in [1.54, 1.807) is 12.1 Å². The van der Waals surface area contributed by atoms with E-state index >= 15 is 0 Å². The fourth-order valence-corrected chi connectivity index (χ4v) is 3.46. The molecule has 0 aliphatic carbocycles. The summed E-state index contributed by atoms with van der Waals surface area (Å²) in [6, 6.07) is 12.9. The molecule has 1 heterocycles. The number of hydrogen-bond donors (Lipinski definition) is 1. The fraction of sp³-hybridized carbons (Fsp3) is 0.235. The summed E-state index contributed by atoms with van der Waals surface area (Å²) in [5.41, 5.74) is 8.77. The molecule has 0 saturated carbocycles. The lowest BCUT2D eigenvalue weighted by molar-refractivity contribution is -0.124. The molecule has 0 fully saturated rings. The molecule has 1 unspecified atom stereocenters. The summed E-state index contributed by atoms with van der Waals surface area (Å²) in [5.74, 6) is -0.336. The Kier molecular flexibility index (Phi) is 4.39. The Balaban J connectivity index is 1.92. The maximum atomic E-state index is 12.0. The van der Waals surface area contributed by atoms with Gasteiger partial charge in [-0.1, -0.05) is 53.5 Å². The Labute approximate surface area is 139 Å². The van der Waals surface area contributed by atoms with E-state index in [9.17, 15) is 4.79 Å². The van der Waals surface area contributed by atoms with Crippen LogP contribution in [0.4, 0.5) is 0 Å². The van der Waals surface area contributed by atoms with Gasteiger partial charge in [-0.2, -0.15) is 0 Å². The van der Waals surface area contributed by atoms with Crippen molar-refractivity contribution in [3.63, 3.8) is 0 Å². The minimum atomic E-state index is -0.420. The molecule has 3 rings (SSSR count). The zero-order valence-corrected chi connectivity index (χ0v) is 13.4. The number of hydrogen-bond acceptors (Lipinski definition) is 2. The third-order valence-corrected chi connectivity index (χ3v) is 4.63. The molecule has 1 atom stereocenters. The first-order valence-corrected chi connectivity index (χ1v) is 7.87. The standard InChI is InChI=1S/C17H16Cl2N2O/c18-13-6-5-12(15(19)9-13)10-21-8-7-11-3-1-2-4-14(11)16(21)17(20)22/h1-6,9,16H,7-8,10H2,(H2,20,22). The topological polar surface area (TPSA) is 46.3 Å². The molecular weight excluding hydrogens is 319 g/mol. The second-order valence-electron chi connectivity index (χ2n) is 5.46. The number of amides is 1. The van der Waals surface area contributed by atoms with Crippen LogP contribution in [0.25, 0.3) is 0 Å². The van der Waals surface area contributed by atoms with Crippen molar-refractivity contribution in [2.75, 3.05) is 6.54 Å². The van der Waals surface area contributed by atoms with Gasteiger partial charge in [0.15, 0.2) is 0 Å². The summed E-state index contributed by atoms with van der Waals surface area (Å²) in [7, 11) is 0. The van der Waals surface area contributed by atoms with E-state index in [-0.39, 0.29) is 5.91 Å². The monoisotopic (exact) mass is 334 g/mol. The van der Waals surface area contributed by atoms with Gasteiger partial charge in [0.2, 0.25) is 5.91 Å². The molecule has 2 aromatic rings. The molecule has 0 spiro atoms. The highest BCUT2D eigenvalue weighted by Gasteiger charge is 2.31. The molecule has 2 N–H and O–H groups in total. The minimum Gasteiger partial charge on any atom is -0.368 e. The van der Waals surface area contributed by atoms with Gasteiger partial charge in [-0.15, -0.1) is 0 Å². The molecule has 1 aliphatic heterocycles. The van der Waals surface area contributed by atoms with E-state index in [0.29, 0.717) is 16.6 Å². The van der Waals surface area contributed by atoms with Crippen LogP contribution in [0.1, 0.15) is 22.7 Å². The van der Waals surface area contributed by atoms with E-state index in [1.807, 2.05) is 24.3 Å². The number of primary amides is 1. The number of nitrogens with two attached hydrogens (primary N) is 1. The van der Waals surface area contributed by atoms with Crippen molar-refractivity contribution in [3.05, 3.63) is 69.2 Å². The summed E-state index contributed by atoms with van der Waals surface area (Å²) in [6.45, 7) is 1.33. The molecule has 0 bridgehead atoms. The van der Waals surface area contributed by atoms with Gasteiger partial charge in [0.25, 0.3) is 0 Å². The SMILES string of the molecule is NC(=O)C1c2ccccc2CCN1Cc1ccc(Cl)cc1Cl. The highest BCUT2D eigenvalue weighted by atomic mass is 35.5. The molecule has 0 aromatic heterocycles. The predicted molar refractivity (Wildman–Crippen MR) is 89.0 cm³/mol. The first-order valence-electron chi connectivity index (χ1n) is 7.11. The Morgan fingerprint density at radius 3 is 2.73 bits per heavy atom. The summed E-state index contributed by atoms with van der Waals surface area (Å²) in [4.78, 5) is 14.1. The number of benzene rings is 2. The zero-order chi connectivity index (χ0) is 15.7. The highest BCUT2D eigenvalue weighted by molar-refractivity contribution is 6.35. The van der Waals surface area contributed by atoms with E-state index in [0.717, 1.165) is 24.1 Å². The fourth-order valence-electron chi connectivity index (χ4n) is 2.99. The predicted octanol–water partition coefficient (Wildman–Crippen LogP) is 3.58. The average molecular weight is 335 g/mol. The van der Waals surface area contributed by atoms with Gasteiger partial charge in [-0.05, 0) is 35.2 Å². The quantitative estimate of drug-likeness (QED) is 0.932. The molecule has 1 aliphatic rings. The van der Waals surface area contributed by atoms with Crippen molar-refractivity contribution in [1.29, 1.82) is 0 Å². The van der Waals surface area contributed by atoms with Gasteiger partial charge in [0, 0.05) is 23.1 Å². The van der Waals surface area contributed by atoms with Crippen molar-refractivity contribution in [2.24, 2.45) is 5.73 Å². The number of fused-ring (bicyclic) bond motifs is 1. The van der Waals surface area contributed by atoms with E-state index < -0.39 is 6.04 Å². The van der Waals surface area contributed by atoms with E-state index in [1.165, 1.54) is 5.56 Å². The van der Waals surface area contributed by atoms with Crippen molar-refractivity contribution in [2.45, 2.75) is 19.0 Å². The second kappa shape index (κ2) is 6.29. The molecule has 1 amide bonds. The van der Waals surface area contributed by atoms with E-state index in [4.69, 9.17) is 28.9 Å². The number of rotatable bonds is 3. The molecule has 2 aromatic carbocycles. The van der Waals surface area contributed by atoms with Crippen LogP contribution in [0.3, 0.4) is 0 Å². The first-order chi connectivity index (χ1) is 10.6. The average Bonchev–Trinajstić information content (AvgIpc) is 2.49. The molecular formula is C17H16Cl2N2O. The van der Waals surface area contributed by atoms with Crippen LogP contribution in [-0.2, 0) is 17.8 Å². The van der Waals surface area contributed by atoms with Crippen LogP contribution in [0.5, 0.6) is 0 Å². The second-order valence-corrected chi connectivity index (χ2v) is 6.30. The van der Waals surface area contributed by atoms with Gasteiger partial charge < -0.3 is 5.73 Å². The lowest BCUT2D eigenvalue weighted by Crippen LogP contribution is -2.42. The largest absolute Gasteiger partial charge is 0.368 e. The maximum Gasteiger partial charge on any atom is 0.239 e. The Bertz CT molecular complexity index is 718. The van der Waals surface area contributed by atoms with Gasteiger partial charge in [0.1, 0.15) is 6.04 Å². The Morgan fingerprint density at radius 2 is 2.00 bits per heavy atom. The Hall–Kier alpha value is -1.55. The van der Waals surface area contributed by atoms with Gasteiger partial charge in [-0.3, -0.25) is 9.69 Å². The maximum absolute atomic E-state index is 12.0. The summed E-state index contributed by atoms with van der Waals surface area (Å²) in [5, 5.41) is 1.21. The van der Waals surface area contributed by atoms with Gasteiger partial charge in [-0.25, -0.2) is 0 Å². The van der Waals surface area contributed by atoms with Crippen molar-refractivity contribution < 1.29 is 4.79 Å². The van der Waals surface area contributed by atoms with Gasteiger partial charge >= 0.3 is 0 Å². The third kappa shape index (κ3) is 2.98. The van der Waals surface area contributed by atoms with Gasteiger partial charge in [0.05, 0.1) is 0 Å². The van der Waals surface area contributed by atoms with Crippen LogP contribution >= 0.6 is 23.2 Å². The number of carbonyl (C=O) groups is 1. The molecule has 22 heavy (non-hydrogen) atoms. The number of carbonyl (C=O) groups excluding carboxylic acids is 1. The summed E-state index contributed by atoms with van der Waals surface area (Å²) in [6.07, 6.45) is 0.894. The Morgan fingerprint density at radius 1 is 1.23 bits per heavy atom. The molecule has 114 valence electrons. The van der Waals surface area contributed by atoms with Crippen molar-refractivity contribution in [3.8, 4) is 0 Å². The number of nitrogens with zero attached hydrogens (tertiary/aromatic N) is 1. The highest BCUT2D eigenvalue weighted by Crippen LogP contribution is 2.32. The van der Waals surface area contributed by atoms with Crippen LogP contribution in [0.15, 0.2) is 42.5 Å². The lowest BCUT2D eigenvalue weighted by atomic mass is 9.92. The smallest absolute Gasteiger partial charge is 0.239 e. The number of halogens is 2. The third-order valence-electron chi connectivity index (χ3n) is 4.04. The van der Waals surface area contributed by atoms with Crippen molar-refractivity contribution >= 4 is 29.1 Å². The molecule has 5 heteroatoms.